The maximum Gasteiger partial charge on any atom is 0.411 e. The normalized spacial score (nSPS) is 18.4. The highest BCUT2D eigenvalue weighted by molar-refractivity contribution is 7.99. The van der Waals surface area contributed by atoms with Crippen molar-refractivity contribution in [1.29, 1.82) is 0 Å². The van der Waals surface area contributed by atoms with Gasteiger partial charge in [-0.25, -0.2) is 9.59 Å². The number of thioether (sulfide) groups is 1. The van der Waals surface area contributed by atoms with Crippen molar-refractivity contribution in [3.63, 3.8) is 0 Å². The van der Waals surface area contributed by atoms with Gasteiger partial charge in [-0.2, -0.15) is 11.8 Å². The van der Waals surface area contributed by atoms with Crippen molar-refractivity contribution in [3.05, 3.63) is 0 Å². The van der Waals surface area contributed by atoms with Gasteiger partial charge in [0.15, 0.2) is 6.04 Å². The largest absolute Gasteiger partial charge is 0.467 e. The first-order valence-corrected chi connectivity index (χ1v) is 9.41. The number of rotatable bonds is 4. The van der Waals surface area contributed by atoms with Crippen LogP contribution in [0.2, 0.25) is 0 Å². The predicted octanol–water partition coefficient (Wildman–Crippen LogP) is 1.02. The maximum atomic E-state index is 12.4. The number of esters is 1. The highest BCUT2D eigenvalue weighted by atomic mass is 32.2. The number of aliphatic hydroxyl groups is 1. The average Bonchev–Trinajstić information content (AvgIpc) is 2.59. The molecule has 8 nitrogen and oxygen atoms in total. The molecular formula is C16H30N2O6S. The lowest BCUT2D eigenvalue weighted by molar-refractivity contribution is -0.146. The van der Waals surface area contributed by atoms with Gasteiger partial charge in [-0.05, 0) is 20.8 Å². The van der Waals surface area contributed by atoms with Crippen LogP contribution in [0.3, 0.4) is 0 Å². The van der Waals surface area contributed by atoms with Crippen LogP contribution in [-0.2, 0) is 19.1 Å². The third kappa shape index (κ3) is 7.96. The number of carbonyl (C=O) groups excluding carboxylic acids is 3. The van der Waals surface area contributed by atoms with E-state index in [1.165, 1.54) is 23.8 Å². The van der Waals surface area contributed by atoms with Gasteiger partial charge in [0.2, 0.25) is 5.91 Å². The first kappa shape index (κ1) is 23.5. The Morgan fingerprint density at radius 2 is 1.92 bits per heavy atom. The van der Waals surface area contributed by atoms with Crippen LogP contribution in [0.1, 0.15) is 34.6 Å². The molecule has 1 saturated heterocycles. The van der Waals surface area contributed by atoms with Crippen LogP contribution in [0, 0.1) is 0 Å². The van der Waals surface area contributed by atoms with Crippen LogP contribution in [0.25, 0.3) is 0 Å². The summed E-state index contributed by atoms with van der Waals surface area (Å²) in [5, 5.41) is 11.6. The van der Waals surface area contributed by atoms with Crippen LogP contribution in [0.4, 0.5) is 4.79 Å². The van der Waals surface area contributed by atoms with Gasteiger partial charge in [0, 0.05) is 18.1 Å². The molecule has 2 amide bonds. The van der Waals surface area contributed by atoms with E-state index < -0.39 is 42.3 Å². The lowest BCUT2D eigenvalue weighted by atomic mass is 10.2. The molecular weight excluding hydrogens is 348 g/mol. The molecule has 1 fully saturated rings. The fourth-order valence-electron chi connectivity index (χ4n) is 1.95. The van der Waals surface area contributed by atoms with Gasteiger partial charge in [-0.1, -0.05) is 13.8 Å². The van der Waals surface area contributed by atoms with Gasteiger partial charge >= 0.3 is 12.1 Å². The van der Waals surface area contributed by atoms with Crippen molar-refractivity contribution >= 4 is 29.7 Å². The Morgan fingerprint density at radius 1 is 1.32 bits per heavy atom. The summed E-state index contributed by atoms with van der Waals surface area (Å²) >= 11 is 1.53. The summed E-state index contributed by atoms with van der Waals surface area (Å²) in [5.41, 5.74) is -0.664. The number of methoxy groups -OCH3 is 1. The van der Waals surface area contributed by atoms with Gasteiger partial charge in [0.1, 0.15) is 11.6 Å². The summed E-state index contributed by atoms with van der Waals surface area (Å²) in [6.45, 7) is 9.04. The monoisotopic (exact) mass is 378 g/mol. The molecule has 0 aromatic heterocycles. The molecule has 1 aliphatic rings. The Morgan fingerprint density at radius 3 is 2.40 bits per heavy atom. The van der Waals surface area contributed by atoms with Crippen LogP contribution >= 0.6 is 11.8 Å². The number of carbonyl (C=O) groups is 3. The maximum absolute atomic E-state index is 12.4. The minimum atomic E-state index is -1.15. The molecule has 2 N–H and O–H groups in total. The zero-order chi connectivity index (χ0) is 19.6. The molecule has 0 aromatic rings. The first-order valence-electron chi connectivity index (χ1n) is 8.26. The molecule has 2 unspecified atom stereocenters. The topological polar surface area (TPSA) is 105 Å². The van der Waals surface area contributed by atoms with E-state index in [1.807, 2.05) is 13.8 Å². The molecule has 146 valence electrons. The predicted molar refractivity (Wildman–Crippen MR) is 96.4 cm³/mol. The van der Waals surface area contributed by atoms with Crippen LogP contribution in [0.15, 0.2) is 0 Å². The lowest BCUT2D eigenvalue weighted by Gasteiger charge is -2.35. The van der Waals surface area contributed by atoms with Crippen molar-refractivity contribution in [2.24, 2.45) is 0 Å². The molecule has 1 rings (SSSR count). The number of hydrogen-bond donors (Lipinski definition) is 2. The van der Waals surface area contributed by atoms with Crippen LogP contribution in [0.5, 0.6) is 0 Å². The van der Waals surface area contributed by atoms with E-state index in [2.05, 4.69) is 10.1 Å². The van der Waals surface area contributed by atoms with Gasteiger partial charge < -0.3 is 19.9 Å². The molecule has 0 aliphatic carbocycles. The van der Waals surface area contributed by atoms with Crippen molar-refractivity contribution in [2.75, 3.05) is 31.8 Å². The van der Waals surface area contributed by atoms with Crippen molar-refractivity contribution in [1.82, 2.24) is 10.2 Å². The Hall–Kier alpha value is -1.48. The molecule has 0 radical (unpaired) electrons. The zero-order valence-corrected chi connectivity index (χ0v) is 16.6. The Bertz CT molecular complexity index is 452. The van der Waals surface area contributed by atoms with E-state index in [-0.39, 0.29) is 0 Å². The number of amides is 2. The summed E-state index contributed by atoms with van der Waals surface area (Å²) in [5.74, 6) is -0.172. The van der Waals surface area contributed by atoms with Gasteiger partial charge in [-0.15, -0.1) is 0 Å². The van der Waals surface area contributed by atoms with E-state index in [1.54, 1.807) is 20.8 Å². The Balaban J connectivity index is 0.00000277. The van der Waals surface area contributed by atoms with Gasteiger partial charge in [0.05, 0.1) is 13.7 Å². The highest BCUT2D eigenvalue weighted by Crippen LogP contribution is 2.20. The second-order valence-corrected chi connectivity index (χ2v) is 7.18. The minimum absolute atomic E-state index is 0.375. The number of nitrogens with one attached hydrogen (secondary N) is 1. The Labute approximate surface area is 153 Å². The average molecular weight is 378 g/mol. The first-order chi connectivity index (χ1) is 11.7. The molecule has 1 heterocycles. The van der Waals surface area contributed by atoms with Gasteiger partial charge in [-0.3, -0.25) is 9.69 Å². The van der Waals surface area contributed by atoms with E-state index in [0.29, 0.717) is 18.1 Å². The summed E-state index contributed by atoms with van der Waals surface area (Å²) in [7, 11) is 1.17. The third-order valence-electron chi connectivity index (χ3n) is 3.04. The number of nitrogens with zero attached hydrogens (tertiary/aromatic N) is 1. The zero-order valence-electron chi connectivity index (χ0n) is 15.8. The lowest BCUT2D eigenvalue weighted by Crippen LogP contribution is -2.58. The summed E-state index contributed by atoms with van der Waals surface area (Å²) in [6, 6.07) is -1.91. The summed E-state index contributed by atoms with van der Waals surface area (Å²) in [4.78, 5) is 37.4. The fourth-order valence-corrected chi connectivity index (χ4v) is 3.00. The van der Waals surface area contributed by atoms with Crippen LogP contribution < -0.4 is 5.32 Å². The van der Waals surface area contributed by atoms with Gasteiger partial charge in [0.25, 0.3) is 0 Å². The Kier molecular flexibility index (Phi) is 10.5. The fraction of sp³-hybridized carbons (Fsp3) is 0.812. The van der Waals surface area contributed by atoms with Crippen molar-refractivity contribution < 1.29 is 29.0 Å². The molecule has 0 aromatic carbocycles. The third-order valence-corrected chi connectivity index (χ3v) is 4.07. The standard InChI is InChI=1S/C14H24N2O6S.C2H6/c1-14(2,3)22-13(20)16-5-6-23-8-10(16)11(18)15-9(7-17)12(19)21-4;1-2/h9-10,17H,5-8H2,1-4H3,(H,15,18);1-2H3. The number of aliphatic hydroxyl groups excluding tert-OH is 1. The van der Waals surface area contributed by atoms with Crippen molar-refractivity contribution in [2.45, 2.75) is 52.3 Å². The smallest absolute Gasteiger partial charge is 0.411 e. The second-order valence-electron chi connectivity index (χ2n) is 6.03. The van der Waals surface area contributed by atoms with E-state index in [4.69, 9.17) is 4.74 Å². The molecule has 25 heavy (non-hydrogen) atoms. The summed E-state index contributed by atoms with van der Waals surface area (Å²) < 4.78 is 9.82. The molecule has 0 saturated carbocycles. The molecule has 1 aliphatic heterocycles. The SMILES string of the molecule is CC.COC(=O)C(CO)NC(=O)C1CSCCN1C(=O)OC(C)(C)C. The minimum Gasteiger partial charge on any atom is -0.467 e. The number of ether oxygens (including phenoxy) is 2. The molecule has 2 atom stereocenters. The van der Waals surface area contributed by atoms with Crippen LogP contribution in [-0.4, -0.2) is 77.4 Å². The quantitative estimate of drug-likeness (QED) is 0.704. The number of hydrogen-bond acceptors (Lipinski definition) is 7. The van der Waals surface area contributed by atoms with E-state index in [0.717, 1.165) is 0 Å². The van der Waals surface area contributed by atoms with E-state index >= 15 is 0 Å². The highest BCUT2D eigenvalue weighted by Gasteiger charge is 2.36. The molecule has 9 heteroatoms. The second kappa shape index (κ2) is 11.2. The van der Waals surface area contributed by atoms with E-state index in [9.17, 15) is 19.5 Å². The van der Waals surface area contributed by atoms with Crippen molar-refractivity contribution in [3.8, 4) is 0 Å². The molecule has 0 spiro atoms. The summed E-state index contributed by atoms with van der Waals surface area (Å²) in [6.07, 6.45) is -0.573. The molecule has 0 bridgehead atoms.